The summed E-state index contributed by atoms with van der Waals surface area (Å²) in [5, 5.41) is 0.913. The summed E-state index contributed by atoms with van der Waals surface area (Å²) < 4.78 is 0. The monoisotopic (exact) mass is 209 g/mol. The summed E-state index contributed by atoms with van der Waals surface area (Å²) in [6, 6.07) is 6.14. The molecule has 0 unspecified atom stereocenters. The molecule has 0 atom stereocenters. The van der Waals surface area contributed by atoms with Gasteiger partial charge in [0.25, 0.3) is 0 Å². The summed E-state index contributed by atoms with van der Waals surface area (Å²) in [4.78, 5) is 0. The van der Waals surface area contributed by atoms with E-state index in [1.165, 1.54) is 24.0 Å². The van der Waals surface area contributed by atoms with Crippen molar-refractivity contribution in [3.8, 4) is 0 Å². The summed E-state index contributed by atoms with van der Waals surface area (Å²) in [5.74, 6) is 0. The summed E-state index contributed by atoms with van der Waals surface area (Å²) in [7, 11) is 0. The van der Waals surface area contributed by atoms with E-state index in [-0.39, 0.29) is 0 Å². The van der Waals surface area contributed by atoms with Gasteiger partial charge in [-0.15, -0.1) is 0 Å². The van der Waals surface area contributed by atoms with E-state index in [4.69, 9.17) is 17.3 Å². The third kappa shape index (κ3) is 1.55. The maximum atomic E-state index is 6.25. The van der Waals surface area contributed by atoms with E-state index in [9.17, 15) is 0 Å². The van der Waals surface area contributed by atoms with E-state index in [0.29, 0.717) is 5.41 Å². The molecule has 1 aromatic carbocycles. The van der Waals surface area contributed by atoms with Crippen molar-refractivity contribution in [2.24, 2.45) is 5.73 Å². The number of halogens is 1. The Kier molecular flexibility index (Phi) is 2.54. The van der Waals surface area contributed by atoms with Gasteiger partial charge in [-0.25, -0.2) is 0 Å². The lowest BCUT2D eigenvalue weighted by Crippen LogP contribution is -2.15. The van der Waals surface area contributed by atoms with E-state index in [2.05, 4.69) is 13.0 Å². The minimum atomic E-state index is 0.317. The molecule has 0 saturated heterocycles. The van der Waals surface area contributed by atoms with Gasteiger partial charge < -0.3 is 5.73 Å². The first kappa shape index (κ1) is 10.0. The fraction of sp³-hybridized carbons (Fsp3) is 0.500. The smallest absolute Gasteiger partial charge is 0.0446 e. The van der Waals surface area contributed by atoms with Crippen molar-refractivity contribution in [3.63, 3.8) is 0 Å². The van der Waals surface area contributed by atoms with E-state index in [0.717, 1.165) is 18.0 Å². The number of aryl methyl sites for hydroxylation is 1. The summed E-state index contributed by atoms with van der Waals surface area (Å²) >= 11 is 6.25. The highest BCUT2D eigenvalue weighted by Crippen LogP contribution is 2.53. The first-order chi connectivity index (χ1) is 6.69. The van der Waals surface area contributed by atoms with E-state index in [1.807, 2.05) is 12.1 Å². The minimum Gasteiger partial charge on any atom is -0.330 e. The number of hydrogen-bond donors (Lipinski definition) is 1. The highest BCUT2D eigenvalue weighted by molar-refractivity contribution is 6.31. The van der Waals surface area contributed by atoms with Crippen molar-refractivity contribution in [2.45, 2.75) is 31.6 Å². The molecule has 0 radical (unpaired) electrons. The molecule has 1 fully saturated rings. The molecule has 1 aliphatic rings. The normalized spacial score (nSPS) is 18.2. The largest absolute Gasteiger partial charge is 0.330 e. The quantitative estimate of drug-likeness (QED) is 0.814. The average molecular weight is 210 g/mol. The Balaban J connectivity index is 2.40. The number of hydrogen-bond acceptors (Lipinski definition) is 1. The third-order valence-electron chi connectivity index (χ3n) is 3.23. The average Bonchev–Trinajstić information content (AvgIpc) is 2.86. The lowest BCUT2D eigenvalue weighted by Gasteiger charge is -2.18. The maximum absolute atomic E-state index is 6.25. The molecule has 0 aromatic heterocycles. The molecule has 0 aliphatic heterocycles. The number of nitrogens with two attached hydrogens (primary N) is 1. The van der Waals surface area contributed by atoms with Crippen LogP contribution < -0.4 is 5.73 Å². The zero-order valence-electron chi connectivity index (χ0n) is 8.52. The molecular weight excluding hydrogens is 194 g/mol. The van der Waals surface area contributed by atoms with Crippen LogP contribution in [0.5, 0.6) is 0 Å². The Morgan fingerprint density at radius 2 is 2.14 bits per heavy atom. The number of benzene rings is 1. The third-order valence-corrected chi connectivity index (χ3v) is 3.54. The molecule has 2 N–H and O–H groups in total. The van der Waals surface area contributed by atoms with Gasteiger partial charge in [0.15, 0.2) is 0 Å². The van der Waals surface area contributed by atoms with Gasteiger partial charge in [0.1, 0.15) is 0 Å². The predicted octanol–water partition coefficient (Wildman–Crippen LogP) is 3.03. The Hall–Kier alpha value is -0.530. The van der Waals surface area contributed by atoms with Gasteiger partial charge in [-0.05, 0) is 55.3 Å². The maximum Gasteiger partial charge on any atom is 0.0446 e. The van der Waals surface area contributed by atoms with Gasteiger partial charge in [0, 0.05) is 5.02 Å². The van der Waals surface area contributed by atoms with Crippen LogP contribution in [0.4, 0.5) is 0 Å². The molecule has 0 bridgehead atoms. The van der Waals surface area contributed by atoms with Crippen LogP contribution in [0.3, 0.4) is 0 Å². The molecule has 2 rings (SSSR count). The lowest BCUT2D eigenvalue weighted by atomic mass is 9.89. The Labute approximate surface area is 90.3 Å². The highest BCUT2D eigenvalue weighted by atomic mass is 35.5. The van der Waals surface area contributed by atoms with Crippen molar-refractivity contribution in [3.05, 3.63) is 34.3 Å². The molecule has 1 aliphatic carbocycles. The van der Waals surface area contributed by atoms with Gasteiger partial charge in [-0.2, -0.15) is 0 Å². The van der Waals surface area contributed by atoms with Gasteiger partial charge >= 0.3 is 0 Å². The Bertz CT molecular complexity index is 322. The SMILES string of the molecule is Cc1cccc(Cl)c1C1(CCN)CC1. The zero-order chi connectivity index (χ0) is 10.2. The molecule has 0 heterocycles. The topological polar surface area (TPSA) is 26.0 Å². The van der Waals surface area contributed by atoms with Gasteiger partial charge in [0.05, 0.1) is 0 Å². The second kappa shape index (κ2) is 3.56. The van der Waals surface area contributed by atoms with Gasteiger partial charge in [-0.3, -0.25) is 0 Å². The predicted molar refractivity (Wildman–Crippen MR) is 60.8 cm³/mol. The Morgan fingerprint density at radius 3 is 2.64 bits per heavy atom. The van der Waals surface area contributed by atoms with Gasteiger partial charge in [0.2, 0.25) is 0 Å². The lowest BCUT2D eigenvalue weighted by molar-refractivity contribution is 0.625. The highest BCUT2D eigenvalue weighted by Gasteiger charge is 2.45. The van der Waals surface area contributed by atoms with Crippen LogP contribution in [0.2, 0.25) is 5.02 Å². The van der Waals surface area contributed by atoms with Crippen LogP contribution in [-0.4, -0.2) is 6.54 Å². The van der Waals surface area contributed by atoms with E-state index in [1.54, 1.807) is 0 Å². The summed E-state index contributed by atoms with van der Waals surface area (Å²) in [6.07, 6.45) is 3.56. The van der Waals surface area contributed by atoms with Crippen LogP contribution in [0.15, 0.2) is 18.2 Å². The second-order valence-corrected chi connectivity index (χ2v) is 4.66. The fourth-order valence-electron chi connectivity index (χ4n) is 2.36. The summed E-state index contributed by atoms with van der Waals surface area (Å²) in [5.41, 5.74) is 8.61. The molecule has 1 nitrogen and oxygen atoms in total. The van der Waals surface area contributed by atoms with Crippen LogP contribution in [0.1, 0.15) is 30.4 Å². The van der Waals surface area contributed by atoms with Crippen molar-refractivity contribution in [1.82, 2.24) is 0 Å². The fourth-order valence-corrected chi connectivity index (χ4v) is 2.78. The number of rotatable bonds is 3. The molecular formula is C12H16ClN. The van der Waals surface area contributed by atoms with E-state index >= 15 is 0 Å². The molecule has 1 saturated carbocycles. The molecule has 76 valence electrons. The summed E-state index contributed by atoms with van der Waals surface area (Å²) in [6.45, 7) is 2.89. The standard InChI is InChI=1S/C12H16ClN/c1-9-3-2-4-10(13)11(9)12(5-6-12)7-8-14/h2-4H,5-8,14H2,1H3. The first-order valence-electron chi connectivity index (χ1n) is 5.15. The Morgan fingerprint density at radius 1 is 1.43 bits per heavy atom. The second-order valence-electron chi connectivity index (χ2n) is 4.25. The van der Waals surface area contributed by atoms with Crippen LogP contribution in [0.25, 0.3) is 0 Å². The van der Waals surface area contributed by atoms with Crippen molar-refractivity contribution in [1.29, 1.82) is 0 Å². The van der Waals surface area contributed by atoms with Crippen molar-refractivity contribution < 1.29 is 0 Å². The van der Waals surface area contributed by atoms with Gasteiger partial charge in [-0.1, -0.05) is 23.7 Å². The molecule has 2 heteroatoms. The molecule has 1 aromatic rings. The molecule has 14 heavy (non-hydrogen) atoms. The van der Waals surface area contributed by atoms with E-state index < -0.39 is 0 Å². The van der Waals surface area contributed by atoms with Crippen molar-refractivity contribution >= 4 is 11.6 Å². The minimum absolute atomic E-state index is 0.317. The van der Waals surface area contributed by atoms with Crippen LogP contribution in [0, 0.1) is 6.92 Å². The zero-order valence-corrected chi connectivity index (χ0v) is 9.27. The first-order valence-corrected chi connectivity index (χ1v) is 5.53. The van der Waals surface area contributed by atoms with Crippen LogP contribution >= 0.6 is 11.6 Å². The van der Waals surface area contributed by atoms with Crippen LogP contribution in [-0.2, 0) is 5.41 Å². The van der Waals surface area contributed by atoms with Crippen molar-refractivity contribution in [2.75, 3.05) is 6.54 Å². The molecule has 0 spiro atoms. The molecule has 0 amide bonds.